The van der Waals surface area contributed by atoms with Crippen molar-refractivity contribution < 1.29 is 4.79 Å². The molecule has 0 radical (unpaired) electrons. The van der Waals surface area contributed by atoms with E-state index in [1.54, 1.807) is 42.7 Å². The third-order valence-electron chi connectivity index (χ3n) is 4.45. The van der Waals surface area contributed by atoms with Crippen LogP contribution in [-0.4, -0.2) is 60.5 Å². The van der Waals surface area contributed by atoms with E-state index in [2.05, 4.69) is 31.2 Å². The molecular formula is C19H22N6O. The Balaban J connectivity index is 1.75. The van der Waals surface area contributed by atoms with Crippen molar-refractivity contribution in [1.29, 1.82) is 5.26 Å². The van der Waals surface area contributed by atoms with Crippen LogP contribution < -0.4 is 10.2 Å². The van der Waals surface area contributed by atoms with Gasteiger partial charge in [0.05, 0.1) is 17.7 Å². The van der Waals surface area contributed by atoms with Crippen molar-refractivity contribution in [1.82, 2.24) is 20.2 Å². The molecule has 1 saturated heterocycles. The van der Waals surface area contributed by atoms with Gasteiger partial charge in [-0.05, 0) is 38.4 Å². The summed E-state index contributed by atoms with van der Waals surface area (Å²) < 4.78 is 0. The Morgan fingerprint density at radius 2 is 2.08 bits per heavy atom. The fraction of sp³-hybridized carbons (Fsp3) is 0.368. The van der Waals surface area contributed by atoms with Gasteiger partial charge in [-0.15, -0.1) is 0 Å². The number of amides is 1. The molecule has 1 aromatic heterocycles. The van der Waals surface area contributed by atoms with Crippen molar-refractivity contribution in [3.05, 3.63) is 53.9 Å². The van der Waals surface area contributed by atoms with Gasteiger partial charge in [-0.2, -0.15) is 5.26 Å². The molecule has 0 unspecified atom stereocenters. The van der Waals surface area contributed by atoms with Crippen LogP contribution in [0.1, 0.15) is 15.9 Å². The lowest BCUT2D eigenvalue weighted by Crippen LogP contribution is -2.43. The van der Waals surface area contributed by atoms with Gasteiger partial charge in [0.25, 0.3) is 5.91 Å². The van der Waals surface area contributed by atoms with Crippen LogP contribution in [0.4, 0.5) is 5.95 Å². The van der Waals surface area contributed by atoms with E-state index in [0.717, 1.165) is 13.1 Å². The Labute approximate surface area is 153 Å². The van der Waals surface area contributed by atoms with Crippen LogP contribution in [0.5, 0.6) is 0 Å². The third kappa shape index (κ3) is 4.16. The molecule has 1 amide bonds. The van der Waals surface area contributed by atoms with Gasteiger partial charge in [-0.1, -0.05) is 6.07 Å². The average Bonchev–Trinajstić information content (AvgIpc) is 3.04. The van der Waals surface area contributed by atoms with E-state index >= 15 is 0 Å². The lowest BCUT2D eigenvalue weighted by Gasteiger charge is -2.22. The van der Waals surface area contributed by atoms with Crippen LogP contribution in [0.15, 0.2) is 42.7 Å². The van der Waals surface area contributed by atoms with Gasteiger partial charge in [0.15, 0.2) is 0 Å². The molecule has 7 nitrogen and oxygen atoms in total. The Hall–Kier alpha value is -2.98. The number of carbonyl (C=O) groups is 1. The van der Waals surface area contributed by atoms with Gasteiger partial charge in [0.1, 0.15) is 0 Å². The van der Waals surface area contributed by atoms with Gasteiger partial charge in [0, 0.05) is 43.5 Å². The first kappa shape index (κ1) is 17.8. The summed E-state index contributed by atoms with van der Waals surface area (Å²) in [6.07, 6.45) is 3.45. The molecule has 2 heterocycles. The number of rotatable bonds is 5. The van der Waals surface area contributed by atoms with E-state index in [-0.39, 0.29) is 17.9 Å². The van der Waals surface area contributed by atoms with Crippen molar-refractivity contribution in [2.45, 2.75) is 6.04 Å². The first-order valence-corrected chi connectivity index (χ1v) is 8.54. The van der Waals surface area contributed by atoms with E-state index < -0.39 is 0 Å². The monoisotopic (exact) mass is 350 g/mol. The predicted octanol–water partition coefficient (Wildman–Crippen LogP) is 1.14. The van der Waals surface area contributed by atoms with Crippen molar-refractivity contribution in [2.75, 3.05) is 38.6 Å². The molecular weight excluding hydrogens is 328 g/mol. The zero-order valence-electron chi connectivity index (χ0n) is 15.0. The summed E-state index contributed by atoms with van der Waals surface area (Å²) in [6.45, 7) is 2.30. The van der Waals surface area contributed by atoms with E-state index in [0.29, 0.717) is 23.6 Å². The Morgan fingerprint density at radius 3 is 2.77 bits per heavy atom. The molecule has 134 valence electrons. The minimum absolute atomic E-state index is 0.0144. The Morgan fingerprint density at radius 1 is 1.31 bits per heavy atom. The van der Waals surface area contributed by atoms with Gasteiger partial charge in [-0.25, -0.2) is 9.97 Å². The second-order valence-corrected chi connectivity index (χ2v) is 6.75. The predicted molar refractivity (Wildman–Crippen MR) is 98.7 cm³/mol. The second-order valence-electron chi connectivity index (χ2n) is 6.75. The Bertz CT molecular complexity index is 801. The maximum atomic E-state index is 12.7. The molecule has 0 bridgehead atoms. The minimum atomic E-state index is -0.160. The number of hydrogen-bond acceptors (Lipinski definition) is 6. The number of nitriles is 1. The number of hydrogen-bond donors (Lipinski definition) is 1. The molecule has 2 atom stereocenters. The van der Waals surface area contributed by atoms with Gasteiger partial charge in [0.2, 0.25) is 5.95 Å². The first-order valence-electron chi connectivity index (χ1n) is 8.54. The van der Waals surface area contributed by atoms with Crippen LogP contribution in [0.3, 0.4) is 0 Å². The summed E-state index contributed by atoms with van der Waals surface area (Å²) in [5.41, 5.74) is 0.982. The third-order valence-corrected chi connectivity index (χ3v) is 4.45. The van der Waals surface area contributed by atoms with Crippen LogP contribution in [0.2, 0.25) is 0 Å². The molecule has 0 aliphatic carbocycles. The summed E-state index contributed by atoms with van der Waals surface area (Å²) >= 11 is 0. The van der Waals surface area contributed by atoms with Crippen LogP contribution >= 0.6 is 0 Å². The normalized spacial score (nSPS) is 19.4. The second kappa shape index (κ2) is 7.93. The summed E-state index contributed by atoms with van der Waals surface area (Å²) in [4.78, 5) is 25.5. The number of nitrogens with zero attached hydrogens (tertiary/aromatic N) is 5. The van der Waals surface area contributed by atoms with Crippen molar-refractivity contribution in [2.24, 2.45) is 5.92 Å². The fourth-order valence-corrected chi connectivity index (χ4v) is 3.29. The maximum absolute atomic E-state index is 12.7. The van der Waals surface area contributed by atoms with Crippen LogP contribution in [-0.2, 0) is 0 Å². The molecule has 2 aromatic rings. The average molecular weight is 350 g/mol. The Kier molecular flexibility index (Phi) is 5.44. The number of benzene rings is 1. The highest BCUT2D eigenvalue weighted by atomic mass is 16.1. The van der Waals surface area contributed by atoms with Crippen LogP contribution in [0.25, 0.3) is 0 Å². The number of anilines is 1. The summed E-state index contributed by atoms with van der Waals surface area (Å²) in [6, 6.07) is 10.6. The molecule has 0 spiro atoms. The highest BCUT2D eigenvalue weighted by Crippen LogP contribution is 2.22. The summed E-state index contributed by atoms with van der Waals surface area (Å²) in [5, 5.41) is 12.2. The topological polar surface area (TPSA) is 85.2 Å². The molecule has 7 heteroatoms. The van der Waals surface area contributed by atoms with E-state index in [4.69, 9.17) is 5.26 Å². The van der Waals surface area contributed by atoms with Gasteiger partial charge < -0.3 is 15.1 Å². The lowest BCUT2D eigenvalue weighted by molar-refractivity contribution is 0.0928. The first-order chi connectivity index (χ1) is 12.6. The van der Waals surface area contributed by atoms with Gasteiger partial charge >= 0.3 is 0 Å². The molecule has 1 aliphatic heterocycles. The lowest BCUT2D eigenvalue weighted by atomic mass is 10.0. The molecule has 1 aliphatic rings. The minimum Gasteiger partial charge on any atom is -0.347 e. The SMILES string of the molecule is CN(C)C[C@@H]1CN(c2ncccn2)C[C@H]1NC(=O)c1cccc(C#N)c1. The van der Waals surface area contributed by atoms with Gasteiger partial charge in [-0.3, -0.25) is 4.79 Å². The zero-order chi connectivity index (χ0) is 18.5. The maximum Gasteiger partial charge on any atom is 0.251 e. The van der Waals surface area contributed by atoms with Crippen molar-refractivity contribution >= 4 is 11.9 Å². The number of carbonyl (C=O) groups excluding carboxylic acids is 1. The highest BCUT2D eigenvalue weighted by Gasteiger charge is 2.35. The number of aromatic nitrogens is 2. The fourth-order valence-electron chi connectivity index (χ4n) is 3.29. The molecule has 0 saturated carbocycles. The quantitative estimate of drug-likeness (QED) is 0.871. The zero-order valence-corrected chi connectivity index (χ0v) is 15.0. The molecule has 1 fully saturated rings. The smallest absolute Gasteiger partial charge is 0.251 e. The summed E-state index contributed by atoms with van der Waals surface area (Å²) in [7, 11) is 4.05. The number of nitrogens with one attached hydrogen (secondary N) is 1. The summed E-state index contributed by atoms with van der Waals surface area (Å²) in [5.74, 6) is 0.781. The van der Waals surface area contributed by atoms with E-state index in [1.165, 1.54) is 0 Å². The molecule has 3 rings (SSSR count). The standard InChI is InChI=1S/C19H22N6O/c1-24(2)11-16-12-25(19-21-7-4-8-22-19)13-17(16)23-18(26)15-6-3-5-14(9-15)10-20/h3-9,16-17H,11-13H2,1-2H3,(H,23,26)/t16-,17-/m1/s1. The van der Waals surface area contributed by atoms with Crippen molar-refractivity contribution in [3.63, 3.8) is 0 Å². The molecule has 26 heavy (non-hydrogen) atoms. The van der Waals surface area contributed by atoms with E-state index in [9.17, 15) is 4.79 Å². The van der Waals surface area contributed by atoms with Crippen LogP contribution in [0, 0.1) is 17.2 Å². The molecule has 1 aromatic carbocycles. The largest absolute Gasteiger partial charge is 0.347 e. The molecule has 1 N–H and O–H groups in total. The van der Waals surface area contributed by atoms with Crippen molar-refractivity contribution in [3.8, 4) is 6.07 Å². The highest BCUT2D eigenvalue weighted by molar-refractivity contribution is 5.94. The van der Waals surface area contributed by atoms with E-state index in [1.807, 2.05) is 14.1 Å².